The minimum Gasteiger partial charge on any atom is -0.481 e. The molecule has 0 bridgehead atoms. The molecule has 3 saturated heterocycles. The normalized spacial score (nSPS) is 52.7. The van der Waals surface area contributed by atoms with Crippen LogP contribution in [0.25, 0.3) is 0 Å². The number of carbonyl (C=O) groups is 2. The van der Waals surface area contributed by atoms with E-state index in [1.807, 2.05) is 6.92 Å². The van der Waals surface area contributed by atoms with Crippen LogP contribution in [0.15, 0.2) is 11.6 Å². The number of aliphatic hydroxyl groups is 10. The van der Waals surface area contributed by atoms with Crippen LogP contribution < -0.4 is 0 Å². The standard InChI is InChI=1S/C51H82O20/c1-23-34(58)37(61)40(64)43(65-23)70-42-39(63)36(60)27(21-53)67-45(42)71-41-38(62)35(59)26(20-52)66-44(41)69-30-12-13-48(5)28(49(30,6)22-54)11-14-51(8)29(48)10-9-24-25-18-46(2,3)19-31(68-33(57)17-32(55)56)47(25,4)15-16-50(24,51)7/h9,23,25-31,34-45,52-54,58-64H,10-22H2,1-8H3,(H,55,56)/t23-,25-,26+,27+,28+,29+,30-,31+,34-,35+,36-,37+,38-,39-,40+,41+,42+,43-,44-,45-,47+,48-,49+,50+,51+/m0/s1. The SMILES string of the molecule is C[C@@H]1O[C@@H](O[C@H]2[C@H](O[C@H]3[C@H](O[C@H]4CC[C@@]5(C)[C@@H](CC[C@]6(C)[C@@H]5CC=C5[C@@H]7CC(C)(C)C[C@@H](OC(=O)CC(=O)O)[C@]7(C)CC[C@]56C)[C@@]4(C)CO)O[C@H](CO)[C@@H](O)[C@@H]3O)O[C@H](CO)[C@H](O)[C@@H]2O)[C@H](O)[C@H](O)[C@H]1O. The van der Waals surface area contributed by atoms with Gasteiger partial charge in [0.25, 0.3) is 0 Å². The topological polar surface area (TPSA) is 321 Å². The first-order valence-corrected chi connectivity index (χ1v) is 25.8. The van der Waals surface area contributed by atoms with Crippen LogP contribution in [-0.4, -0.2) is 192 Å². The molecular formula is C51H82O20. The number of ether oxygens (including phenoxy) is 7. The highest BCUT2D eigenvalue weighted by atomic mass is 16.8. The van der Waals surface area contributed by atoms with Gasteiger partial charge in [0.05, 0.1) is 32.0 Å². The van der Waals surface area contributed by atoms with Crippen LogP contribution in [0.2, 0.25) is 0 Å². The Morgan fingerprint density at radius 3 is 1.80 bits per heavy atom. The van der Waals surface area contributed by atoms with E-state index in [0.29, 0.717) is 19.3 Å². The number of aliphatic carboxylic acids is 1. The van der Waals surface area contributed by atoms with Crippen molar-refractivity contribution in [1.29, 1.82) is 0 Å². The summed E-state index contributed by atoms with van der Waals surface area (Å²) in [7, 11) is 0. The lowest BCUT2D eigenvalue weighted by atomic mass is 9.33. The van der Waals surface area contributed by atoms with Gasteiger partial charge in [-0.15, -0.1) is 0 Å². The minimum absolute atomic E-state index is 0.0810. The first-order valence-electron chi connectivity index (χ1n) is 25.8. The van der Waals surface area contributed by atoms with Crippen molar-refractivity contribution in [1.82, 2.24) is 0 Å². The summed E-state index contributed by atoms with van der Waals surface area (Å²) in [6, 6.07) is 0. The highest BCUT2D eigenvalue weighted by Crippen LogP contribution is 2.76. The van der Waals surface area contributed by atoms with Crippen molar-refractivity contribution in [3.63, 3.8) is 0 Å². The Morgan fingerprint density at radius 2 is 1.23 bits per heavy atom. The maximum atomic E-state index is 12.9. The van der Waals surface area contributed by atoms with Crippen LogP contribution >= 0.6 is 0 Å². The number of fused-ring (bicyclic) bond motifs is 7. The molecule has 406 valence electrons. The summed E-state index contributed by atoms with van der Waals surface area (Å²) < 4.78 is 42.8. The van der Waals surface area contributed by atoms with Crippen LogP contribution in [0.1, 0.15) is 120 Å². The van der Waals surface area contributed by atoms with Gasteiger partial charge in [0, 0.05) is 10.8 Å². The quantitative estimate of drug-likeness (QED) is 0.0553. The van der Waals surface area contributed by atoms with Gasteiger partial charge in [0.1, 0.15) is 79.7 Å². The average molecular weight is 1020 g/mol. The smallest absolute Gasteiger partial charge is 0.317 e. The molecule has 4 saturated carbocycles. The summed E-state index contributed by atoms with van der Waals surface area (Å²) in [5.41, 5.74) is -0.710. The lowest BCUT2D eigenvalue weighted by Gasteiger charge is -2.72. The Balaban J connectivity index is 1.06. The van der Waals surface area contributed by atoms with Crippen molar-refractivity contribution >= 4 is 11.9 Å². The summed E-state index contributed by atoms with van der Waals surface area (Å²) in [4.78, 5) is 24.3. The molecule has 20 heteroatoms. The minimum atomic E-state index is -1.88. The Morgan fingerprint density at radius 1 is 0.634 bits per heavy atom. The molecule has 0 aromatic heterocycles. The van der Waals surface area contributed by atoms with E-state index in [1.54, 1.807) is 0 Å². The molecular weight excluding hydrogens is 933 g/mol. The van der Waals surface area contributed by atoms with Gasteiger partial charge in [0.2, 0.25) is 0 Å². The predicted molar refractivity (Wildman–Crippen MR) is 246 cm³/mol. The lowest BCUT2D eigenvalue weighted by Crippen LogP contribution is -2.68. The van der Waals surface area contributed by atoms with E-state index in [0.717, 1.165) is 38.5 Å². The molecule has 71 heavy (non-hydrogen) atoms. The second kappa shape index (κ2) is 19.9. The first-order chi connectivity index (χ1) is 33.1. The molecule has 0 aromatic carbocycles. The fourth-order valence-corrected chi connectivity index (χ4v) is 15.6. The molecule has 3 heterocycles. The molecule has 0 radical (unpaired) electrons. The number of hydrogen-bond acceptors (Lipinski definition) is 19. The van der Waals surface area contributed by atoms with Gasteiger partial charge in [-0.05, 0) is 104 Å². The number of carboxylic acid groups (broad SMARTS) is 1. The monoisotopic (exact) mass is 1010 g/mol. The van der Waals surface area contributed by atoms with E-state index in [2.05, 4.69) is 47.6 Å². The van der Waals surface area contributed by atoms with Crippen molar-refractivity contribution in [3.8, 4) is 0 Å². The van der Waals surface area contributed by atoms with E-state index in [4.69, 9.17) is 33.2 Å². The van der Waals surface area contributed by atoms with Crippen molar-refractivity contribution in [2.45, 2.75) is 224 Å². The van der Waals surface area contributed by atoms with E-state index < -0.39 is 141 Å². The molecule has 5 aliphatic carbocycles. The van der Waals surface area contributed by atoms with Crippen LogP contribution in [0, 0.1) is 50.2 Å². The number of carboxylic acids is 1. The number of allylic oxidation sites excluding steroid dienone is 2. The zero-order valence-corrected chi connectivity index (χ0v) is 42.4. The summed E-state index contributed by atoms with van der Waals surface area (Å²) >= 11 is 0. The number of hydrogen-bond donors (Lipinski definition) is 11. The molecule has 0 amide bonds. The van der Waals surface area contributed by atoms with Crippen molar-refractivity contribution in [2.75, 3.05) is 19.8 Å². The summed E-state index contributed by atoms with van der Waals surface area (Å²) in [6.45, 7) is 15.4. The van der Waals surface area contributed by atoms with Gasteiger partial charge in [-0.1, -0.05) is 60.1 Å². The second-order valence-electron chi connectivity index (χ2n) is 24.6. The van der Waals surface area contributed by atoms with Crippen molar-refractivity contribution in [3.05, 3.63) is 11.6 Å². The number of rotatable bonds is 12. The number of esters is 1. The van der Waals surface area contributed by atoms with Crippen LogP contribution in [0.5, 0.6) is 0 Å². The third-order valence-corrected chi connectivity index (χ3v) is 20.1. The second-order valence-corrected chi connectivity index (χ2v) is 24.6. The fourth-order valence-electron chi connectivity index (χ4n) is 15.6. The molecule has 7 fully saturated rings. The molecule has 11 N–H and O–H groups in total. The number of aliphatic hydroxyl groups excluding tert-OH is 10. The van der Waals surface area contributed by atoms with Crippen molar-refractivity contribution in [2.24, 2.45) is 50.2 Å². The maximum absolute atomic E-state index is 12.9. The predicted octanol–water partition coefficient (Wildman–Crippen LogP) is 0.638. The summed E-state index contributed by atoms with van der Waals surface area (Å²) in [6.07, 6.45) is -17.1. The Bertz CT molecular complexity index is 1970. The summed E-state index contributed by atoms with van der Waals surface area (Å²) in [5, 5.41) is 118. The van der Waals surface area contributed by atoms with E-state index >= 15 is 0 Å². The summed E-state index contributed by atoms with van der Waals surface area (Å²) in [5.74, 6) is -1.70. The number of carbonyl (C=O) groups excluding carboxylic acids is 1. The zero-order valence-electron chi connectivity index (χ0n) is 42.4. The van der Waals surface area contributed by atoms with Gasteiger partial charge in [-0.2, -0.15) is 0 Å². The maximum Gasteiger partial charge on any atom is 0.317 e. The third kappa shape index (κ3) is 9.15. The molecule has 20 nitrogen and oxygen atoms in total. The van der Waals surface area contributed by atoms with Crippen LogP contribution in [-0.2, 0) is 42.7 Å². The van der Waals surface area contributed by atoms with E-state index in [-0.39, 0.29) is 51.4 Å². The molecule has 0 aromatic rings. The van der Waals surface area contributed by atoms with Gasteiger partial charge in [-0.25, -0.2) is 0 Å². The van der Waals surface area contributed by atoms with Gasteiger partial charge >= 0.3 is 11.9 Å². The van der Waals surface area contributed by atoms with Crippen LogP contribution in [0.4, 0.5) is 0 Å². The molecule has 8 aliphatic rings. The Labute approximate surface area is 415 Å². The van der Waals surface area contributed by atoms with Gasteiger partial charge in [0.15, 0.2) is 18.9 Å². The van der Waals surface area contributed by atoms with E-state index in [1.165, 1.54) is 12.5 Å². The molecule has 0 spiro atoms. The van der Waals surface area contributed by atoms with Gasteiger partial charge < -0.3 is 89.3 Å². The van der Waals surface area contributed by atoms with E-state index in [9.17, 15) is 65.8 Å². The zero-order chi connectivity index (χ0) is 52.1. The Kier molecular flexibility index (Phi) is 15.5. The molecule has 3 aliphatic heterocycles. The highest BCUT2D eigenvalue weighted by molar-refractivity contribution is 5.90. The van der Waals surface area contributed by atoms with Gasteiger partial charge in [-0.3, -0.25) is 9.59 Å². The first kappa shape index (κ1) is 55.3. The fraction of sp³-hybridized carbons (Fsp3) is 0.922. The molecule has 25 atom stereocenters. The average Bonchev–Trinajstić information content (AvgIpc) is 3.30. The lowest BCUT2D eigenvalue weighted by molar-refractivity contribution is -0.398. The Hall–Kier alpha value is -1.96. The molecule has 8 rings (SSSR count). The largest absolute Gasteiger partial charge is 0.481 e. The van der Waals surface area contributed by atoms with Crippen LogP contribution in [0.3, 0.4) is 0 Å². The molecule has 0 unspecified atom stereocenters. The highest BCUT2D eigenvalue weighted by Gasteiger charge is 2.70. The third-order valence-electron chi connectivity index (χ3n) is 20.1. The van der Waals surface area contributed by atoms with Crippen molar-refractivity contribution < 1.29 is 98.9 Å².